The number of aromatic nitrogens is 1. The summed E-state index contributed by atoms with van der Waals surface area (Å²) in [6.07, 6.45) is 4.43. The van der Waals surface area contributed by atoms with Crippen molar-refractivity contribution in [3.05, 3.63) is 124 Å². The molecule has 0 bridgehead atoms. The number of carbonyl (C=O) groups is 1. The van der Waals surface area contributed by atoms with Gasteiger partial charge in [-0.05, 0) is 76.2 Å². The van der Waals surface area contributed by atoms with Crippen LogP contribution in [0.15, 0.2) is 103 Å². The largest absolute Gasteiger partial charge is 0.489 e. The van der Waals surface area contributed by atoms with E-state index in [1.54, 1.807) is 12.4 Å². The molecule has 2 heterocycles. The lowest BCUT2D eigenvalue weighted by Gasteiger charge is -2.07. The Bertz CT molecular complexity index is 1380. The maximum Gasteiger partial charge on any atom is 0.265 e. The molecule has 5 rings (SSSR count). The Morgan fingerprint density at radius 1 is 0.818 bits per heavy atom. The molecule has 33 heavy (non-hydrogen) atoms. The second-order valence-electron chi connectivity index (χ2n) is 7.80. The van der Waals surface area contributed by atoms with Crippen molar-refractivity contribution in [1.29, 1.82) is 0 Å². The van der Waals surface area contributed by atoms with E-state index in [-0.39, 0.29) is 5.91 Å². The van der Waals surface area contributed by atoms with Gasteiger partial charge in [-0.1, -0.05) is 42.5 Å². The van der Waals surface area contributed by atoms with Gasteiger partial charge in [0.1, 0.15) is 12.4 Å². The minimum atomic E-state index is -0.112. The first-order chi connectivity index (χ1) is 16.2. The molecule has 0 spiro atoms. The lowest BCUT2D eigenvalue weighted by Crippen LogP contribution is -2.10. The molecule has 0 unspecified atom stereocenters. The van der Waals surface area contributed by atoms with Gasteiger partial charge in [0, 0.05) is 23.6 Å². The molecule has 5 aromatic rings. The second-order valence-corrected chi connectivity index (χ2v) is 8.71. The molecular weight excluding hydrogens is 428 g/mol. The number of fused-ring (bicyclic) bond motifs is 1. The van der Waals surface area contributed by atoms with Crippen LogP contribution >= 0.6 is 11.3 Å². The number of hydrogen-bond acceptors (Lipinski definition) is 4. The number of hydrogen-bond donors (Lipinski definition) is 1. The molecule has 1 amide bonds. The van der Waals surface area contributed by atoms with E-state index in [2.05, 4.69) is 28.5 Å². The number of rotatable bonds is 7. The Morgan fingerprint density at radius 2 is 1.58 bits per heavy atom. The number of carbonyl (C=O) groups excluding carboxylic acids is 1. The number of benzene rings is 3. The second kappa shape index (κ2) is 9.67. The van der Waals surface area contributed by atoms with Gasteiger partial charge in [0.15, 0.2) is 0 Å². The summed E-state index contributed by atoms with van der Waals surface area (Å²) in [6, 6.07) is 28.1. The minimum Gasteiger partial charge on any atom is -0.489 e. The van der Waals surface area contributed by atoms with E-state index in [4.69, 9.17) is 4.74 Å². The van der Waals surface area contributed by atoms with Crippen molar-refractivity contribution in [3.8, 4) is 5.75 Å². The molecule has 0 saturated heterocycles. The first-order valence-electron chi connectivity index (χ1n) is 10.7. The van der Waals surface area contributed by atoms with Crippen molar-refractivity contribution < 1.29 is 9.53 Å². The summed E-state index contributed by atoms with van der Waals surface area (Å²) in [7, 11) is 0. The third-order valence-corrected chi connectivity index (χ3v) is 6.35. The first-order valence-corrected chi connectivity index (χ1v) is 11.6. The fraction of sp³-hybridized carbons (Fsp3) is 0.0714. The van der Waals surface area contributed by atoms with Crippen molar-refractivity contribution in [3.63, 3.8) is 0 Å². The lowest BCUT2D eigenvalue weighted by molar-refractivity contribution is 0.103. The Hall–Kier alpha value is -3.96. The van der Waals surface area contributed by atoms with Gasteiger partial charge in [0.05, 0.1) is 4.88 Å². The summed E-state index contributed by atoms with van der Waals surface area (Å²) < 4.78 is 5.94. The Kier molecular flexibility index (Phi) is 6.13. The van der Waals surface area contributed by atoms with Crippen LogP contribution in [-0.4, -0.2) is 10.9 Å². The third-order valence-electron chi connectivity index (χ3n) is 5.37. The molecule has 5 heteroatoms. The van der Waals surface area contributed by atoms with Crippen LogP contribution in [0, 0.1) is 0 Å². The van der Waals surface area contributed by atoms with Gasteiger partial charge < -0.3 is 10.1 Å². The fourth-order valence-electron chi connectivity index (χ4n) is 3.63. The standard InChI is InChI=1S/C28H22N2O2S/c31-28(30-25-8-5-20(6-9-25)15-21-11-13-29-14-12-21)27-16-22(19-33-27)18-32-26-10-7-23-3-1-2-4-24(23)17-26/h1-14,16-17,19H,15,18H2,(H,30,31). The number of nitrogens with zero attached hydrogens (tertiary/aromatic N) is 1. The van der Waals surface area contributed by atoms with Gasteiger partial charge in [0.2, 0.25) is 0 Å². The highest BCUT2D eigenvalue weighted by atomic mass is 32.1. The maximum atomic E-state index is 12.7. The summed E-state index contributed by atoms with van der Waals surface area (Å²) in [5.74, 6) is 0.705. The maximum absolute atomic E-state index is 12.7. The van der Waals surface area contributed by atoms with Crippen LogP contribution < -0.4 is 10.1 Å². The molecule has 0 radical (unpaired) electrons. The molecule has 0 aliphatic heterocycles. The lowest BCUT2D eigenvalue weighted by atomic mass is 10.1. The molecular formula is C28H22N2O2S. The van der Waals surface area contributed by atoms with Crippen molar-refractivity contribution in [2.75, 3.05) is 5.32 Å². The number of amides is 1. The Morgan fingerprint density at radius 3 is 2.39 bits per heavy atom. The topological polar surface area (TPSA) is 51.2 Å². The number of thiophene rings is 1. The van der Waals surface area contributed by atoms with Gasteiger partial charge in [-0.3, -0.25) is 9.78 Å². The van der Waals surface area contributed by atoms with Crippen LogP contribution in [0.1, 0.15) is 26.4 Å². The number of pyridine rings is 1. The van der Waals surface area contributed by atoms with E-state index in [0.717, 1.165) is 28.8 Å². The van der Waals surface area contributed by atoms with Gasteiger partial charge in [-0.2, -0.15) is 0 Å². The molecule has 0 aliphatic carbocycles. The number of anilines is 1. The van der Waals surface area contributed by atoms with E-state index in [1.165, 1.54) is 27.8 Å². The summed E-state index contributed by atoms with van der Waals surface area (Å²) in [4.78, 5) is 17.4. The van der Waals surface area contributed by atoms with Crippen molar-refractivity contribution in [2.24, 2.45) is 0 Å². The molecule has 162 valence electrons. The zero-order valence-corrected chi connectivity index (χ0v) is 18.7. The van der Waals surface area contributed by atoms with Gasteiger partial charge >= 0.3 is 0 Å². The van der Waals surface area contributed by atoms with Gasteiger partial charge in [0.25, 0.3) is 5.91 Å². The van der Waals surface area contributed by atoms with Crippen LogP contribution in [0.2, 0.25) is 0 Å². The molecule has 1 N–H and O–H groups in total. The predicted molar refractivity (Wildman–Crippen MR) is 134 cm³/mol. The molecule has 2 aromatic heterocycles. The van der Waals surface area contributed by atoms with Crippen LogP contribution in [0.5, 0.6) is 5.75 Å². The normalized spacial score (nSPS) is 10.8. The van der Waals surface area contributed by atoms with Crippen molar-refractivity contribution in [2.45, 2.75) is 13.0 Å². The first kappa shape index (κ1) is 20.9. The smallest absolute Gasteiger partial charge is 0.265 e. The van der Waals surface area contributed by atoms with Crippen LogP contribution in [0.3, 0.4) is 0 Å². The zero-order chi connectivity index (χ0) is 22.5. The predicted octanol–water partition coefficient (Wildman–Crippen LogP) is 6.72. The molecule has 0 atom stereocenters. The van der Waals surface area contributed by atoms with Crippen LogP contribution in [0.4, 0.5) is 5.69 Å². The SMILES string of the molecule is O=C(Nc1ccc(Cc2ccncc2)cc1)c1cc(COc2ccc3ccccc3c2)cs1. The average molecular weight is 451 g/mol. The monoisotopic (exact) mass is 450 g/mol. The van der Waals surface area contributed by atoms with Crippen molar-refractivity contribution in [1.82, 2.24) is 4.98 Å². The van der Waals surface area contributed by atoms with E-state index in [0.29, 0.717) is 11.5 Å². The Balaban J connectivity index is 1.17. The highest BCUT2D eigenvalue weighted by Crippen LogP contribution is 2.23. The van der Waals surface area contributed by atoms with E-state index in [9.17, 15) is 4.79 Å². The number of ether oxygens (including phenoxy) is 1. The fourth-order valence-corrected chi connectivity index (χ4v) is 4.42. The summed E-state index contributed by atoms with van der Waals surface area (Å²) in [5, 5.41) is 7.27. The Labute approximate surface area is 196 Å². The highest BCUT2D eigenvalue weighted by Gasteiger charge is 2.10. The number of nitrogens with one attached hydrogen (secondary N) is 1. The quantitative estimate of drug-likeness (QED) is 0.299. The van der Waals surface area contributed by atoms with Crippen molar-refractivity contribution >= 4 is 33.7 Å². The average Bonchev–Trinajstić information content (AvgIpc) is 3.34. The molecule has 0 fully saturated rings. The zero-order valence-electron chi connectivity index (χ0n) is 17.9. The minimum absolute atomic E-state index is 0.112. The molecule has 0 saturated carbocycles. The summed E-state index contributed by atoms with van der Waals surface area (Å²) in [5.41, 5.74) is 4.15. The van der Waals surface area contributed by atoms with Crippen LogP contribution in [0.25, 0.3) is 10.8 Å². The summed E-state index contributed by atoms with van der Waals surface area (Å²) >= 11 is 1.42. The highest BCUT2D eigenvalue weighted by molar-refractivity contribution is 7.12. The van der Waals surface area contributed by atoms with Crippen LogP contribution in [-0.2, 0) is 13.0 Å². The van der Waals surface area contributed by atoms with E-state index in [1.807, 2.05) is 72.1 Å². The molecule has 4 nitrogen and oxygen atoms in total. The van der Waals surface area contributed by atoms with Gasteiger partial charge in [-0.25, -0.2) is 0 Å². The van der Waals surface area contributed by atoms with Gasteiger partial charge in [-0.15, -0.1) is 11.3 Å². The van der Waals surface area contributed by atoms with E-state index < -0.39 is 0 Å². The molecule has 3 aromatic carbocycles. The third kappa shape index (κ3) is 5.27. The van der Waals surface area contributed by atoms with E-state index >= 15 is 0 Å². The summed E-state index contributed by atoms with van der Waals surface area (Å²) in [6.45, 7) is 0.422. The molecule has 0 aliphatic rings.